The molecule has 3 rings (SSSR count). The van der Waals surface area contributed by atoms with E-state index in [-0.39, 0.29) is 29.9 Å². The number of nitrogens with zero attached hydrogens (tertiary/aromatic N) is 3. The smallest absolute Gasteiger partial charge is 0.333 e. The summed E-state index contributed by atoms with van der Waals surface area (Å²) in [5.41, 5.74) is -1.28. The summed E-state index contributed by atoms with van der Waals surface area (Å²) in [5.74, 6) is -3.54. The fraction of sp³-hybridized carbons (Fsp3) is 0.552. The van der Waals surface area contributed by atoms with Crippen molar-refractivity contribution in [3.05, 3.63) is 69.9 Å². The van der Waals surface area contributed by atoms with E-state index in [1.807, 2.05) is 12.5 Å². The predicted octanol–water partition coefficient (Wildman–Crippen LogP) is 5.13. The van der Waals surface area contributed by atoms with Crippen LogP contribution in [0.2, 0.25) is 0 Å². The number of allylic oxidation sites excluding steroid dienone is 1. The summed E-state index contributed by atoms with van der Waals surface area (Å²) in [5, 5.41) is 35.1. The Morgan fingerprint density at radius 1 is 1.12 bits per heavy atom. The number of benzene rings is 1. The summed E-state index contributed by atoms with van der Waals surface area (Å²) >= 11 is 0. The summed E-state index contributed by atoms with van der Waals surface area (Å²) in [6.45, 7) is 4.90. The standard InChI is InChI=1S/C29H40N4O7/c1-21-25(27(34)35)26(23-11-10-12-24(19-23)33(38)39)29(28(36)37,22(2)31-21)13-18-40-17-9-7-5-3-4-6-8-15-32-16-14-30-20-32/h10-12,14,16,19-20,22,26,31H,3-9,13,15,17-18H2,1-2H3,(H,34,35)(H,36,37). The van der Waals surface area contributed by atoms with Crippen LogP contribution in [-0.4, -0.2) is 55.9 Å². The molecule has 0 radical (unpaired) electrons. The fourth-order valence-electron chi connectivity index (χ4n) is 5.74. The van der Waals surface area contributed by atoms with Gasteiger partial charge in [0.25, 0.3) is 5.69 Å². The molecule has 2 heterocycles. The van der Waals surface area contributed by atoms with Crippen molar-refractivity contribution >= 4 is 17.6 Å². The lowest BCUT2D eigenvalue weighted by Crippen LogP contribution is -2.57. The Kier molecular flexibility index (Phi) is 11.2. The zero-order valence-corrected chi connectivity index (χ0v) is 23.3. The number of aliphatic carboxylic acids is 2. The highest BCUT2D eigenvalue weighted by Crippen LogP contribution is 2.50. The Morgan fingerprint density at radius 2 is 1.82 bits per heavy atom. The number of ether oxygens (including phenoxy) is 1. The number of aromatic nitrogens is 2. The number of non-ortho nitro benzene ring substituents is 1. The lowest BCUT2D eigenvalue weighted by atomic mass is 9.60. The minimum Gasteiger partial charge on any atom is -0.481 e. The van der Waals surface area contributed by atoms with Crippen molar-refractivity contribution in [2.24, 2.45) is 5.41 Å². The van der Waals surface area contributed by atoms with E-state index in [0.29, 0.717) is 12.3 Å². The monoisotopic (exact) mass is 556 g/mol. The second-order valence-corrected chi connectivity index (χ2v) is 10.5. The summed E-state index contributed by atoms with van der Waals surface area (Å²) in [6, 6.07) is 4.95. The third-order valence-corrected chi connectivity index (χ3v) is 7.88. The van der Waals surface area contributed by atoms with Crippen molar-refractivity contribution in [3.8, 4) is 0 Å². The van der Waals surface area contributed by atoms with Gasteiger partial charge in [-0.15, -0.1) is 0 Å². The van der Waals surface area contributed by atoms with Crippen molar-refractivity contribution < 1.29 is 29.5 Å². The van der Waals surface area contributed by atoms with Gasteiger partial charge in [-0.3, -0.25) is 14.9 Å². The number of carboxylic acids is 2. The first kappa shape index (κ1) is 30.8. The van der Waals surface area contributed by atoms with Crippen LogP contribution < -0.4 is 5.32 Å². The van der Waals surface area contributed by atoms with Gasteiger partial charge in [-0.25, -0.2) is 9.78 Å². The largest absolute Gasteiger partial charge is 0.481 e. The van der Waals surface area contributed by atoms with Crippen molar-refractivity contribution in [1.82, 2.24) is 14.9 Å². The Hall–Kier alpha value is -3.73. The van der Waals surface area contributed by atoms with Crippen LogP contribution in [0.15, 0.2) is 54.3 Å². The first-order valence-corrected chi connectivity index (χ1v) is 13.9. The summed E-state index contributed by atoms with van der Waals surface area (Å²) in [6.07, 6.45) is 13.3. The fourth-order valence-corrected chi connectivity index (χ4v) is 5.74. The molecule has 0 saturated heterocycles. The van der Waals surface area contributed by atoms with Gasteiger partial charge < -0.3 is 24.8 Å². The van der Waals surface area contributed by atoms with Crippen LogP contribution in [0.5, 0.6) is 0 Å². The molecule has 3 unspecified atom stereocenters. The topological polar surface area (TPSA) is 157 Å². The third-order valence-electron chi connectivity index (χ3n) is 7.88. The molecule has 3 N–H and O–H groups in total. The molecule has 0 bridgehead atoms. The van der Waals surface area contributed by atoms with Crippen LogP contribution in [0.3, 0.4) is 0 Å². The lowest BCUT2D eigenvalue weighted by Gasteiger charge is -2.47. The highest BCUT2D eigenvalue weighted by molar-refractivity contribution is 5.93. The first-order valence-electron chi connectivity index (χ1n) is 13.9. The average Bonchev–Trinajstić information content (AvgIpc) is 3.43. The van der Waals surface area contributed by atoms with Crippen LogP contribution in [0.25, 0.3) is 0 Å². The summed E-state index contributed by atoms with van der Waals surface area (Å²) < 4.78 is 7.93. The van der Waals surface area contributed by atoms with E-state index in [2.05, 4.69) is 14.9 Å². The Morgan fingerprint density at radius 3 is 2.45 bits per heavy atom. The second kappa shape index (κ2) is 14.6. The highest BCUT2D eigenvalue weighted by Gasteiger charge is 2.56. The van der Waals surface area contributed by atoms with Gasteiger partial charge in [0.15, 0.2) is 0 Å². The molecule has 2 aromatic rings. The molecular weight excluding hydrogens is 516 g/mol. The van der Waals surface area contributed by atoms with E-state index in [1.54, 1.807) is 26.1 Å². The summed E-state index contributed by atoms with van der Waals surface area (Å²) in [7, 11) is 0. The predicted molar refractivity (Wildman–Crippen MR) is 149 cm³/mol. The number of rotatable bonds is 17. The molecule has 1 aromatic carbocycles. The molecule has 1 aliphatic rings. The molecule has 0 spiro atoms. The molecule has 0 amide bonds. The molecule has 0 saturated carbocycles. The third kappa shape index (κ3) is 7.47. The van der Waals surface area contributed by atoms with E-state index in [9.17, 15) is 29.9 Å². The van der Waals surface area contributed by atoms with Crippen LogP contribution >= 0.6 is 0 Å². The van der Waals surface area contributed by atoms with E-state index in [4.69, 9.17) is 4.74 Å². The number of aryl methyl sites for hydroxylation is 1. The van der Waals surface area contributed by atoms with Crippen LogP contribution in [-0.2, 0) is 20.9 Å². The van der Waals surface area contributed by atoms with Crippen LogP contribution in [0, 0.1) is 15.5 Å². The molecular formula is C29H40N4O7. The quantitative estimate of drug-likeness (QED) is 0.136. The molecule has 0 aliphatic carbocycles. The van der Waals surface area contributed by atoms with Crippen LogP contribution in [0.4, 0.5) is 5.69 Å². The van der Waals surface area contributed by atoms with Gasteiger partial charge in [-0.05, 0) is 38.7 Å². The van der Waals surface area contributed by atoms with E-state index < -0.39 is 34.2 Å². The molecule has 11 nitrogen and oxygen atoms in total. The number of carboxylic acid groups (broad SMARTS) is 2. The SMILES string of the molecule is CC1=C(C(=O)O)C(c2cccc([N+](=O)[O-])c2)C(CCOCCCCCCCCCn2ccnc2)(C(=O)O)C(C)N1. The number of hydrogen-bond acceptors (Lipinski definition) is 7. The first-order chi connectivity index (χ1) is 19.2. The zero-order chi connectivity index (χ0) is 29.1. The van der Waals surface area contributed by atoms with E-state index >= 15 is 0 Å². The normalized spacial score (nSPS) is 20.8. The average molecular weight is 557 g/mol. The zero-order valence-electron chi connectivity index (χ0n) is 23.3. The lowest BCUT2D eigenvalue weighted by molar-refractivity contribution is -0.384. The Labute approximate surface area is 234 Å². The Balaban J connectivity index is 1.57. The maximum atomic E-state index is 12.9. The van der Waals surface area contributed by atoms with Crippen molar-refractivity contribution in [2.75, 3.05) is 13.2 Å². The van der Waals surface area contributed by atoms with Gasteiger partial charge in [0.05, 0.1) is 16.8 Å². The number of carbonyl (C=O) groups is 2. The minimum absolute atomic E-state index is 0.0465. The van der Waals surface area contributed by atoms with Crippen molar-refractivity contribution in [2.45, 2.75) is 83.7 Å². The van der Waals surface area contributed by atoms with Gasteiger partial charge in [0, 0.05) is 61.9 Å². The van der Waals surface area contributed by atoms with Gasteiger partial charge in [-0.1, -0.05) is 44.2 Å². The molecule has 40 heavy (non-hydrogen) atoms. The van der Waals surface area contributed by atoms with Crippen LogP contribution in [0.1, 0.15) is 76.7 Å². The number of nitro benzene ring substituents is 1. The van der Waals surface area contributed by atoms with Crippen molar-refractivity contribution in [3.63, 3.8) is 0 Å². The Bertz CT molecular complexity index is 1180. The van der Waals surface area contributed by atoms with E-state index in [1.165, 1.54) is 31.0 Å². The molecule has 11 heteroatoms. The molecule has 218 valence electrons. The molecule has 3 atom stereocenters. The van der Waals surface area contributed by atoms with Gasteiger partial charge in [-0.2, -0.15) is 0 Å². The molecule has 1 aromatic heterocycles. The molecule has 0 fully saturated rings. The van der Waals surface area contributed by atoms with E-state index in [0.717, 1.165) is 38.6 Å². The van der Waals surface area contributed by atoms with Gasteiger partial charge in [0.2, 0.25) is 0 Å². The maximum absolute atomic E-state index is 12.9. The number of hydrogen-bond donors (Lipinski definition) is 3. The minimum atomic E-state index is -1.58. The highest BCUT2D eigenvalue weighted by atomic mass is 16.6. The number of nitro groups is 1. The van der Waals surface area contributed by atoms with Gasteiger partial charge >= 0.3 is 11.9 Å². The number of unbranched alkanes of at least 4 members (excludes halogenated alkanes) is 6. The number of imidazole rings is 1. The molecule has 1 aliphatic heterocycles. The number of nitrogens with one attached hydrogen (secondary N) is 1. The van der Waals surface area contributed by atoms with Gasteiger partial charge in [0.1, 0.15) is 5.41 Å². The second-order valence-electron chi connectivity index (χ2n) is 10.5. The van der Waals surface area contributed by atoms with Crippen molar-refractivity contribution in [1.29, 1.82) is 0 Å². The maximum Gasteiger partial charge on any atom is 0.333 e. The summed E-state index contributed by atoms with van der Waals surface area (Å²) in [4.78, 5) is 40.1.